The molecule has 16 nitrogen and oxygen atoms in total. The van der Waals surface area contributed by atoms with Crippen LogP contribution >= 0.6 is 0 Å². The van der Waals surface area contributed by atoms with E-state index in [2.05, 4.69) is 20.6 Å². The predicted octanol–water partition coefficient (Wildman–Crippen LogP) is 21.4. The fraction of sp³-hybridized carbons (Fsp3) is 0.694. The highest BCUT2D eigenvalue weighted by molar-refractivity contribution is 7.90. The number of aromatic amines is 2. The number of likely N-dealkylation sites (tertiary alicyclic amines) is 1. The number of ether oxygens (including phenoxy) is 2. The van der Waals surface area contributed by atoms with E-state index in [1.54, 1.807) is 35.4 Å². The van der Waals surface area contributed by atoms with Crippen LogP contribution in [0.1, 0.15) is 325 Å². The van der Waals surface area contributed by atoms with Crippen LogP contribution in [0.2, 0.25) is 0 Å². The summed E-state index contributed by atoms with van der Waals surface area (Å²) in [6.07, 6.45) is 54.5. The molecule has 4 amide bonds. The van der Waals surface area contributed by atoms with Crippen LogP contribution in [0, 0.1) is 17.3 Å². The van der Waals surface area contributed by atoms with E-state index in [0.717, 1.165) is 71.2 Å². The molecule has 10 rings (SSSR count). The Bertz CT molecular complexity index is 3660. The smallest absolute Gasteiger partial charge is 0.407 e. The van der Waals surface area contributed by atoms with E-state index in [-0.39, 0.29) is 40.3 Å². The third kappa shape index (κ3) is 22.4. The molecule has 19 heteroatoms. The largest absolute Gasteiger partial charge is 0.453 e. The number of H-pyrrole nitrogens is 2. The number of hydrogen-bond acceptors (Lipinski definition) is 10. The quantitative estimate of drug-likeness (QED) is 0.0983. The molecule has 3 aromatic carbocycles. The fourth-order valence-electron chi connectivity index (χ4n) is 17.6. The summed E-state index contributed by atoms with van der Waals surface area (Å²) in [6, 6.07) is 12.6. The van der Waals surface area contributed by atoms with Gasteiger partial charge in [0.15, 0.2) is 0 Å². The van der Waals surface area contributed by atoms with Crippen LogP contribution in [-0.2, 0) is 34.8 Å². The third-order valence-electron chi connectivity index (χ3n) is 23.9. The standard InChI is InChI=1S/C85H126F2N8O8S/c1-61(2)76(93-83(99)103-4)81(97)94-60-84(52-53-84)51-41-39-37-35-33-31-29-27-25-23-21-19-17-15-13-11-9-7-6-8-10-12-14-16-18-20-22-24-26-28-30-32-34-36-38-40-42-75(94)78-88-58-73(91-78)64-45-49-68-67-48-44-62(55-69(67)85(86,87)70(68)56-64)63-46-50-71-72(57-63)90-79(89-71)77-65-43-47-66(54-65)95(77)80(96)74(59-104(5,100)101)92-82(98)102-3/h44-46,48-50,55-58,61,65-66,74-77H,6-43,47,51-54,59-60H2,1-5H3,(H,88,91)(H,89,90)(H,92,98)(H,93,99). The second-order valence-electron chi connectivity index (χ2n) is 32.4. The molecule has 1 spiro atoms. The van der Waals surface area contributed by atoms with Crippen molar-refractivity contribution in [2.45, 2.75) is 326 Å². The summed E-state index contributed by atoms with van der Waals surface area (Å²) in [5, 5.41) is 5.36. The van der Waals surface area contributed by atoms with Crippen LogP contribution in [0.3, 0.4) is 0 Å². The molecule has 2 bridgehead atoms. The van der Waals surface area contributed by atoms with Gasteiger partial charge in [-0.05, 0) is 109 Å². The molecule has 5 aliphatic rings. The number of benzene rings is 3. The summed E-state index contributed by atoms with van der Waals surface area (Å²) in [5.41, 5.74) is 4.30. The lowest BCUT2D eigenvalue weighted by molar-refractivity contribution is -0.139. The number of amides is 4. The van der Waals surface area contributed by atoms with Crippen LogP contribution in [0.25, 0.3) is 44.5 Å². The first-order valence-electron chi connectivity index (χ1n) is 41.1. The van der Waals surface area contributed by atoms with Gasteiger partial charge in [-0.2, -0.15) is 8.78 Å². The molecule has 2 saturated heterocycles. The van der Waals surface area contributed by atoms with Gasteiger partial charge < -0.3 is 39.9 Å². The average Bonchev–Trinajstić information content (AvgIpc) is 1.58. The van der Waals surface area contributed by atoms with Gasteiger partial charge in [0.2, 0.25) is 11.8 Å². The average molecular weight is 1460 g/mol. The molecule has 4 heterocycles. The number of fused-ring (bicyclic) bond motifs is 6. The number of methoxy groups -OCH3 is 2. The third-order valence-corrected chi connectivity index (χ3v) is 24.8. The lowest BCUT2D eigenvalue weighted by Crippen LogP contribution is -2.54. The zero-order valence-electron chi connectivity index (χ0n) is 63.9. The Kier molecular flexibility index (Phi) is 30.4. The zero-order valence-corrected chi connectivity index (χ0v) is 64.7. The summed E-state index contributed by atoms with van der Waals surface area (Å²) in [5.74, 6) is -3.67. The highest BCUT2D eigenvalue weighted by atomic mass is 32.2. The number of imidazole rings is 2. The Morgan fingerprint density at radius 2 is 1.02 bits per heavy atom. The minimum atomic E-state index is -3.69. The SMILES string of the molecule is COC(=O)NC(CS(C)(=O)=O)C(=O)N1C2CCC(C2)C1c1nc2ccc(-c3ccc4c(c3)C(F)(F)c3cc(-c5cnc(C6CCCCCCCCCCCCCCCCCCCCCCCCCCCCCCCCCCCCCCC7(CC7)CN6C(=O)C(NC(=O)OC)C(C)C)[nH]5)ccc3-4)cc2[nH]1. The van der Waals surface area contributed by atoms with Crippen molar-refractivity contribution in [1.29, 1.82) is 0 Å². The molecule has 4 fully saturated rings. The first-order chi connectivity index (χ1) is 50.4. The number of hydrogen-bond donors (Lipinski definition) is 4. The maximum Gasteiger partial charge on any atom is 0.407 e. The molecule has 0 radical (unpaired) electrons. The fourth-order valence-corrected chi connectivity index (χ4v) is 18.5. The first kappa shape index (κ1) is 80.2. The monoisotopic (exact) mass is 1460 g/mol. The predicted molar refractivity (Wildman–Crippen MR) is 413 cm³/mol. The number of nitrogens with one attached hydrogen (secondary N) is 4. The summed E-state index contributed by atoms with van der Waals surface area (Å²) in [4.78, 5) is 76.0. The number of carbonyl (C=O) groups excluding carboxylic acids is 4. The van der Waals surface area contributed by atoms with Crippen molar-refractivity contribution in [1.82, 2.24) is 40.4 Å². The van der Waals surface area contributed by atoms with Gasteiger partial charge in [0, 0.05) is 35.5 Å². The normalized spacial score (nSPS) is 23.2. The Balaban J connectivity index is 0.832. The van der Waals surface area contributed by atoms with Gasteiger partial charge in [-0.25, -0.2) is 28.0 Å². The maximum absolute atomic E-state index is 17.4. The number of nitrogens with zero attached hydrogens (tertiary/aromatic N) is 4. The number of halogens is 2. The van der Waals surface area contributed by atoms with Crippen LogP contribution in [0.5, 0.6) is 0 Å². The lowest BCUT2D eigenvalue weighted by Gasteiger charge is -2.37. The number of alkyl carbamates (subject to hydrolysis) is 2. The van der Waals surface area contributed by atoms with E-state index in [0.29, 0.717) is 75.6 Å². The van der Waals surface area contributed by atoms with Crippen molar-refractivity contribution < 1.29 is 45.9 Å². The van der Waals surface area contributed by atoms with Crippen LogP contribution in [0.4, 0.5) is 18.4 Å². The van der Waals surface area contributed by atoms with Gasteiger partial charge in [-0.15, -0.1) is 0 Å². The Labute approximate surface area is 621 Å². The van der Waals surface area contributed by atoms with Crippen molar-refractivity contribution in [2.24, 2.45) is 17.3 Å². The molecule has 2 aliphatic heterocycles. The van der Waals surface area contributed by atoms with Gasteiger partial charge in [0.25, 0.3) is 5.92 Å². The van der Waals surface area contributed by atoms with Gasteiger partial charge in [-0.3, -0.25) is 9.59 Å². The number of rotatable bonds is 11. The van der Waals surface area contributed by atoms with Crippen molar-refractivity contribution >= 4 is 44.9 Å². The van der Waals surface area contributed by atoms with Gasteiger partial charge in [0.1, 0.15) is 33.6 Å². The van der Waals surface area contributed by atoms with Crippen molar-refractivity contribution in [2.75, 3.05) is 32.8 Å². The van der Waals surface area contributed by atoms with E-state index in [4.69, 9.17) is 19.4 Å². The van der Waals surface area contributed by atoms with E-state index in [1.807, 2.05) is 49.1 Å². The van der Waals surface area contributed by atoms with Crippen LogP contribution < -0.4 is 10.6 Å². The van der Waals surface area contributed by atoms with Crippen molar-refractivity contribution in [3.8, 4) is 33.5 Å². The second-order valence-corrected chi connectivity index (χ2v) is 34.6. The second kappa shape index (κ2) is 39.5. The van der Waals surface area contributed by atoms with Crippen LogP contribution in [0.15, 0.2) is 60.8 Å². The summed E-state index contributed by atoms with van der Waals surface area (Å²) >= 11 is 0. The number of sulfone groups is 1. The van der Waals surface area contributed by atoms with Gasteiger partial charge in [-0.1, -0.05) is 275 Å². The summed E-state index contributed by atoms with van der Waals surface area (Å²) in [7, 11) is -1.21. The number of carbonyl (C=O) groups is 4. The molecule has 2 saturated carbocycles. The number of aromatic nitrogens is 4. The van der Waals surface area contributed by atoms with E-state index in [9.17, 15) is 22.8 Å². The molecule has 104 heavy (non-hydrogen) atoms. The minimum absolute atomic E-state index is 0.0403. The van der Waals surface area contributed by atoms with E-state index in [1.165, 1.54) is 213 Å². The molecule has 6 unspecified atom stereocenters. The van der Waals surface area contributed by atoms with Crippen molar-refractivity contribution in [3.05, 3.63) is 83.6 Å². The Morgan fingerprint density at radius 3 is 1.51 bits per heavy atom. The van der Waals surface area contributed by atoms with Gasteiger partial charge in [0.05, 0.1) is 55.0 Å². The molecular weight excluding hydrogens is 1330 g/mol. The first-order valence-corrected chi connectivity index (χ1v) is 43.1. The van der Waals surface area contributed by atoms with E-state index >= 15 is 13.6 Å². The number of alkyl halides is 2. The minimum Gasteiger partial charge on any atom is -0.453 e. The zero-order chi connectivity index (χ0) is 73.5. The molecule has 574 valence electrons. The molecule has 2 aromatic heterocycles. The Morgan fingerprint density at radius 1 is 0.558 bits per heavy atom. The van der Waals surface area contributed by atoms with Crippen LogP contribution in [-0.4, -0.2) is 113 Å². The molecule has 5 aromatic rings. The Hall–Kier alpha value is -6.37. The highest BCUT2D eigenvalue weighted by Crippen LogP contribution is 2.55. The summed E-state index contributed by atoms with van der Waals surface area (Å²) in [6.45, 7) is 4.45. The molecule has 3 aliphatic carbocycles. The maximum atomic E-state index is 17.4. The van der Waals surface area contributed by atoms with Gasteiger partial charge >= 0.3 is 12.2 Å². The van der Waals surface area contributed by atoms with E-state index < -0.39 is 63.8 Å². The number of piperidine rings is 1. The lowest BCUT2D eigenvalue weighted by atomic mass is 9.93. The summed E-state index contributed by atoms with van der Waals surface area (Å²) < 4.78 is 69.6. The topological polar surface area (TPSA) is 209 Å². The van der Waals surface area contributed by atoms with Crippen molar-refractivity contribution in [3.63, 3.8) is 0 Å². The highest BCUT2D eigenvalue weighted by Gasteiger charge is 2.52. The molecular formula is C85H126F2N8O8S. The molecule has 4 N–H and O–H groups in total. The molecule has 6 atom stereocenters.